The number of nitrogens with two attached hydrogens (primary N) is 4. The second kappa shape index (κ2) is 51.0. The van der Waals surface area contributed by atoms with Gasteiger partial charge in [0.2, 0.25) is 11.6 Å². The normalized spacial score (nSPS) is 10.8. The molecule has 19 aromatic rings. The van der Waals surface area contributed by atoms with Crippen molar-refractivity contribution in [1.29, 1.82) is 0 Å². The summed E-state index contributed by atoms with van der Waals surface area (Å²) in [6, 6.07) is 73.7. The highest BCUT2D eigenvalue weighted by atomic mass is 127. The molecule has 0 atom stereocenters. The number of benzene rings is 9. The van der Waals surface area contributed by atoms with Crippen molar-refractivity contribution in [2.24, 2.45) is 68.8 Å². The van der Waals surface area contributed by atoms with Crippen molar-refractivity contribution >= 4 is 143 Å². The number of ether oxygens (including phenoxy) is 5. The topological polar surface area (TPSA) is 448 Å². The number of aromatic nitrogens is 22. The van der Waals surface area contributed by atoms with E-state index in [1.165, 1.54) is 12.3 Å². The van der Waals surface area contributed by atoms with E-state index in [-0.39, 0.29) is 24.2 Å². The van der Waals surface area contributed by atoms with Gasteiger partial charge in [0.1, 0.15) is 64.2 Å². The molecule has 10 aromatic heterocycles. The number of hydrogen-bond acceptors (Lipinski definition) is 28. The minimum atomic E-state index is -0.130. The van der Waals surface area contributed by atoms with E-state index < -0.39 is 0 Å². The number of hydrogen-bond donors (Lipinski definition) is 6. The fourth-order valence-corrected chi connectivity index (χ4v) is 15.5. The summed E-state index contributed by atoms with van der Waals surface area (Å²) in [5, 5.41) is 42.4. The van der Waals surface area contributed by atoms with E-state index >= 15 is 0 Å². The highest BCUT2D eigenvalue weighted by Gasteiger charge is 2.28. The minimum Gasteiger partial charge on any atom is -0.495 e. The van der Waals surface area contributed by atoms with Gasteiger partial charge in [-0.15, -0.1) is 17.5 Å². The third-order valence-electron chi connectivity index (χ3n) is 20.8. The molecule has 0 spiro atoms. The maximum atomic E-state index is 9.98. The van der Waals surface area contributed by atoms with Gasteiger partial charge in [0.05, 0.1) is 123 Å². The summed E-state index contributed by atoms with van der Waals surface area (Å²) in [4.78, 5) is 46.4. The van der Waals surface area contributed by atoms with Crippen molar-refractivity contribution in [3.05, 3.63) is 344 Å². The Morgan fingerprint density at radius 3 is 1.15 bits per heavy atom. The van der Waals surface area contributed by atoms with Crippen LogP contribution in [-0.2, 0) is 46.5 Å². The second-order valence-electron chi connectivity index (χ2n) is 30.5. The number of para-hydroxylation sites is 5. The van der Waals surface area contributed by atoms with Crippen molar-refractivity contribution in [1.82, 2.24) is 108 Å². The van der Waals surface area contributed by atoms with Crippen LogP contribution >= 0.6 is 81.4 Å². The Bertz CT molecular complexity index is 7520. The van der Waals surface area contributed by atoms with Crippen LogP contribution in [0.4, 0.5) is 22.9 Å². The predicted octanol–water partition coefficient (Wildman–Crippen LogP) is 18.8. The third kappa shape index (κ3) is 26.8. The molecule has 37 nitrogen and oxygen atoms in total. The number of nitrogens with one attached hydrogen (secondary N) is 2. The predicted molar refractivity (Wildman–Crippen MR) is 569 cm³/mol. The fraction of sp³-hybridized carbons (Fsp3) is 0.150. The first-order valence-electron chi connectivity index (χ1n) is 43.3. The van der Waals surface area contributed by atoms with Crippen molar-refractivity contribution < 1.29 is 28.5 Å². The van der Waals surface area contributed by atoms with Gasteiger partial charge < -0.3 is 46.4 Å². The van der Waals surface area contributed by atoms with Gasteiger partial charge in [0, 0.05) is 99.5 Å². The zero-order valence-electron chi connectivity index (χ0n) is 79.0. The summed E-state index contributed by atoms with van der Waals surface area (Å²) in [7, 11) is 17.2. The van der Waals surface area contributed by atoms with Gasteiger partial charge in [-0.05, 0) is 109 Å². The SMILES string of the molecule is CCc1nn(-c2cccc(-c3ncn(C)n3)c2OC)c2cc(Cl)ncc12.COc1c(-c2ncn(C)n2)cccc1-n1nc(N)c2cnc(Cl)cc21.COc1c(I)cccc1-c1ncn(C)n1.COc1c(NN)cccc1-c1ncn(C)n1.COc1c(NN=C(c2ccccc2)c2ccccc2)cccc1-c1ncn(C)n1.Cl.NC(=O)C1CC1.NN=C(c1ccccc1)c1ccccc1.[C-]#[N+]c1cnc(Cl)cc1Cl. The number of rotatable bonds is 21. The van der Waals surface area contributed by atoms with Crippen molar-refractivity contribution in [2.75, 3.05) is 52.1 Å². The van der Waals surface area contributed by atoms with Crippen LogP contribution in [0, 0.1) is 16.1 Å². The lowest BCUT2D eigenvalue weighted by Gasteiger charge is -2.13. The van der Waals surface area contributed by atoms with E-state index in [0.717, 1.165) is 124 Å². The number of hydrazine groups is 1. The van der Waals surface area contributed by atoms with Crippen LogP contribution in [0.3, 0.4) is 0 Å². The van der Waals surface area contributed by atoms with Crippen LogP contribution in [0.2, 0.25) is 20.5 Å². The molecule has 0 bridgehead atoms. The number of carbonyl (C=O) groups excluding carboxylic acids is 1. The number of primary amides is 1. The summed E-state index contributed by atoms with van der Waals surface area (Å²) < 4.78 is 40.5. The summed E-state index contributed by atoms with van der Waals surface area (Å²) in [5.41, 5.74) is 32.3. The zero-order valence-corrected chi connectivity index (χ0v) is 85.0. The molecular formula is C100H97Cl5IN31O6. The van der Waals surface area contributed by atoms with Gasteiger partial charge in [-0.3, -0.25) is 44.5 Å². The number of aryl methyl sites for hydroxylation is 6. The number of nitrogens with zero attached hydrogens (tertiary/aromatic N) is 25. The average molecular weight is 2130 g/mol. The van der Waals surface area contributed by atoms with Gasteiger partial charge in [0.25, 0.3) is 0 Å². The van der Waals surface area contributed by atoms with E-state index in [0.29, 0.717) is 101 Å². The number of halogens is 6. The van der Waals surface area contributed by atoms with Gasteiger partial charge in [0.15, 0.2) is 57.9 Å². The molecule has 20 rings (SSSR count). The Kier molecular flexibility index (Phi) is 37.7. The number of methoxy groups -OCH3 is 5. The second-order valence-corrected chi connectivity index (χ2v) is 33.2. The molecule has 1 saturated carbocycles. The number of carbonyl (C=O) groups is 1. The first-order chi connectivity index (χ1) is 68.9. The van der Waals surface area contributed by atoms with Gasteiger partial charge in [-0.2, -0.15) is 40.8 Å². The number of nitrogen functional groups attached to an aromatic ring is 2. The lowest BCUT2D eigenvalue weighted by molar-refractivity contribution is -0.119. The number of amides is 1. The molecule has 43 heteroatoms. The fourth-order valence-electron chi connectivity index (χ4n) is 14.1. The Labute approximate surface area is 862 Å². The van der Waals surface area contributed by atoms with E-state index in [4.69, 9.17) is 110 Å². The summed E-state index contributed by atoms with van der Waals surface area (Å²) in [6.45, 7) is 8.67. The number of anilines is 3. The first-order valence-corrected chi connectivity index (χ1v) is 45.9. The number of fused-ring (bicyclic) bond motifs is 2. The standard InChI is InChI=1S/C23H21N5O.C18H17ClN6O.C16H14ClN7O.C13H12N2.C10H10IN3O.C10H13N5O.C6H2Cl2N2.C4H7NO.ClH/c1-28-16-24-23(27-28)19-14-9-15-20(22(19)29-2)25-26-21(17-10-5-3-6-11-17)18-12-7-4-8-13-18;1-4-13-12-9-20-16(19)8-15(12)25(22-13)14-7-5-6-11(17(14)26-3)18-21-10-24(2)23-18;1-23-8-20-16(22-23)9-4-3-5-11(14(9)25-2)24-12-6-13(17)19-7-10(12)15(18)21-24;14-15-13(11-7-3-1-4-8-11)12-9-5-2-6-10-12;1-14-6-12-10(13-14)7-4-3-5-8(11)9(7)15-2;1-15-6-12-10(14-15)7-4-3-5-8(13-11)9(7)16-2;1-9-5-3-10-6(8)2-4(5)7;5-4(6)3-1-2-3;/h3-16,25H,1-2H3;5-10H,4H2,1-3H3;3-8H,1-2H3,(H2,18,21);1-10H,14H2;3-6H,1-2H3;3-6,13H,11H2,1-2H3;2-3H;3H,1-2H2,(H2,5,6);1H. The molecule has 1 fully saturated rings. The van der Waals surface area contributed by atoms with Crippen LogP contribution in [0.15, 0.2) is 291 Å². The lowest BCUT2D eigenvalue weighted by Crippen LogP contribution is -2.11. The zero-order chi connectivity index (χ0) is 101. The molecule has 1 amide bonds. The molecule has 9 aromatic carbocycles. The molecule has 0 unspecified atom stereocenters. The van der Waals surface area contributed by atoms with Crippen LogP contribution in [0.5, 0.6) is 28.7 Å². The number of pyridine rings is 3. The van der Waals surface area contributed by atoms with E-state index in [1.54, 1.807) is 114 Å². The Balaban J connectivity index is 0.000000150. The molecule has 730 valence electrons. The smallest absolute Gasteiger partial charge is 0.223 e. The summed E-state index contributed by atoms with van der Waals surface area (Å²) >= 11 is 25.5. The maximum Gasteiger partial charge on any atom is 0.223 e. The van der Waals surface area contributed by atoms with Gasteiger partial charge in [-0.25, -0.2) is 49.1 Å². The Morgan fingerprint density at radius 2 is 0.797 bits per heavy atom. The lowest BCUT2D eigenvalue weighted by atomic mass is 10.0. The molecule has 10 N–H and O–H groups in total. The molecule has 1 aliphatic carbocycles. The highest BCUT2D eigenvalue weighted by molar-refractivity contribution is 14.1. The quantitative estimate of drug-likeness (QED) is 0.00971. The van der Waals surface area contributed by atoms with E-state index in [1.807, 2.05) is 258 Å². The van der Waals surface area contributed by atoms with E-state index in [2.05, 4.69) is 121 Å². The highest BCUT2D eigenvalue weighted by Crippen LogP contribution is 2.41. The maximum absolute atomic E-state index is 9.98. The molecule has 0 saturated heterocycles. The molecular weight excluding hydrogens is 2040 g/mol. The van der Waals surface area contributed by atoms with E-state index in [9.17, 15) is 4.79 Å². The summed E-state index contributed by atoms with van der Waals surface area (Å²) in [6.07, 6.45) is 15.8. The molecule has 0 radical (unpaired) electrons. The van der Waals surface area contributed by atoms with Gasteiger partial charge in [-0.1, -0.05) is 205 Å². The minimum absolute atomic E-state index is 0. The van der Waals surface area contributed by atoms with Crippen molar-refractivity contribution in [2.45, 2.75) is 26.2 Å². The molecule has 10 heterocycles. The van der Waals surface area contributed by atoms with Crippen LogP contribution < -0.4 is 57.7 Å². The number of hydrazone groups is 2. The Hall–Kier alpha value is -16.3. The first kappa shape index (κ1) is 106. The largest absolute Gasteiger partial charge is 0.495 e. The monoisotopic (exact) mass is 2130 g/mol. The average Bonchev–Trinajstić information content (AvgIpc) is 1.62. The molecule has 143 heavy (non-hydrogen) atoms. The van der Waals surface area contributed by atoms with Crippen LogP contribution in [-0.4, -0.2) is 161 Å². The molecule has 0 aliphatic heterocycles. The van der Waals surface area contributed by atoms with Crippen LogP contribution in [0.25, 0.3) is 95.0 Å². The molecule has 1 aliphatic rings. The van der Waals surface area contributed by atoms with Crippen LogP contribution in [0.1, 0.15) is 47.7 Å². The summed E-state index contributed by atoms with van der Waals surface area (Å²) in [5.74, 6) is 17.7. The van der Waals surface area contributed by atoms with Crippen molar-refractivity contribution in [3.8, 4) is 97.1 Å². The Morgan fingerprint density at radius 1 is 0.448 bits per heavy atom. The van der Waals surface area contributed by atoms with Gasteiger partial charge >= 0.3 is 0 Å². The third-order valence-corrected chi connectivity index (χ3v) is 22.6. The van der Waals surface area contributed by atoms with Crippen molar-refractivity contribution in [3.63, 3.8) is 0 Å².